The molecule has 1 aromatic carbocycles. The maximum absolute atomic E-state index is 10.6. The molecule has 26 heavy (non-hydrogen) atoms. The standard InChI is InChI=1S/C22H39NO2S/c1-2-3-4-5-6-7-8-9-10-11-12-13-14-15-16-21-17-19-22(20-18-21)23-26(24)25/h17-20,23H,2-16H2,1H3,(H,24,25)/p-1. The van der Waals surface area contributed by atoms with Crippen molar-refractivity contribution in [3.63, 3.8) is 0 Å². The van der Waals surface area contributed by atoms with Gasteiger partial charge in [-0.15, -0.1) is 0 Å². The molecule has 0 aliphatic heterocycles. The van der Waals surface area contributed by atoms with Gasteiger partial charge in [-0.3, -0.25) is 4.21 Å². The van der Waals surface area contributed by atoms with E-state index in [0.29, 0.717) is 5.69 Å². The van der Waals surface area contributed by atoms with Crippen LogP contribution in [0.2, 0.25) is 0 Å². The van der Waals surface area contributed by atoms with Crippen LogP contribution < -0.4 is 4.72 Å². The third-order valence-electron chi connectivity index (χ3n) is 4.97. The third kappa shape index (κ3) is 13.3. The molecule has 0 heterocycles. The van der Waals surface area contributed by atoms with E-state index >= 15 is 0 Å². The largest absolute Gasteiger partial charge is 0.755 e. The Morgan fingerprint density at radius 3 is 1.58 bits per heavy atom. The van der Waals surface area contributed by atoms with Gasteiger partial charge in [0.2, 0.25) is 0 Å². The molecule has 0 fully saturated rings. The van der Waals surface area contributed by atoms with Crippen LogP contribution in [0.3, 0.4) is 0 Å². The molecule has 0 aliphatic rings. The summed E-state index contributed by atoms with van der Waals surface area (Å²) in [7, 11) is 0. The van der Waals surface area contributed by atoms with Crippen molar-refractivity contribution in [2.75, 3.05) is 4.72 Å². The molecule has 0 radical (unpaired) electrons. The third-order valence-corrected chi connectivity index (χ3v) is 5.38. The second-order valence-electron chi connectivity index (χ2n) is 7.38. The van der Waals surface area contributed by atoms with Gasteiger partial charge in [0.15, 0.2) is 0 Å². The van der Waals surface area contributed by atoms with Gasteiger partial charge in [0.1, 0.15) is 0 Å². The van der Waals surface area contributed by atoms with Crippen molar-refractivity contribution in [1.29, 1.82) is 0 Å². The Labute approximate surface area is 163 Å². The minimum absolute atomic E-state index is 0.628. The maximum Gasteiger partial charge on any atom is 0.0452 e. The summed E-state index contributed by atoms with van der Waals surface area (Å²) < 4.78 is 23.5. The van der Waals surface area contributed by atoms with Gasteiger partial charge < -0.3 is 9.27 Å². The molecule has 0 saturated heterocycles. The molecular formula is C22H38NO2S-. The first-order valence-corrected chi connectivity index (χ1v) is 11.7. The molecule has 0 saturated carbocycles. The number of nitrogens with one attached hydrogen (secondary N) is 1. The van der Waals surface area contributed by atoms with E-state index in [1.54, 1.807) is 0 Å². The first-order chi connectivity index (χ1) is 12.7. The Kier molecular flexibility index (Phi) is 14.5. The highest BCUT2D eigenvalue weighted by atomic mass is 32.2. The Hall–Kier alpha value is -0.870. The summed E-state index contributed by atoms with van der Waals surface area (Å²) in [6.45, 7) is 2.28. The van der Waals surface area contributed by atoms with Crippen molar-refractivity contribution in [2.45, 2.75) is 103 Å². The molecule has 0 spiro atoms. The SMILES string of the molecule is CCCCCCCCCCCCCCCCc1ccc(NS(=O)[O-])cc1. The van der Waals surface area contributed by atoms with Crippen LogP contribution >= 0.6 is 0 Å². The van der Waals surface area contributed by atoms with Gasteiger partial charge in [0.05, 0.1) is 0 Å². The fourth-order valence-corrected chi connectivity index (χ4v) is 3.69. The second kappa shape index (κ2) is 16.3. The van der Waals surface area contributed by atoms with E-state index in [0.717, 1.165) is 6.42 Å². The zero-order chi connectivity index (χ0) is 18.9. The summed E-state index contributed by atoms with van der Waals surface area (Å²) >= 11 is -2.24. The first kappa shape index (κ1) is 23.2. The van der Waals surface area contributed by atoms with Crippen LogP contribution in [-0.4, -0.2) is 8.76 Å². The zero-order valence-corrected chi connectivity index (χ0v) is 17.5. The second-order valence-corrected chi connectivity index (χ2v) is 8.05. The van der Waals surface area contributed by atoms with Crippen LogP contribution in [0.5, 0.6) is 0 Å². The van der Waals surface area contributed by atoms with Crippen molar-refractivity contribution in [3.05, 3.63) is 29.8 Å². The van der Waals surface area contributed by atoms with Crippen molar-refractivity contribution < 1.29 is 8.76 Å². The summed E-state index contributed by atoms with van der Waals surface area (Å²) in [6, 6.07) is 7.68. The molecule has 1 N–H and O–H groups in total. The molecule has 0 bridgehead atoms. The fourth-order valence-electron chi connectivity index (χ4n) is 3.36. The molecule has 150 valence electrons. The summed E-state index contributed by atoms with van der Waals surface area (Å²) in [5, 5.41) is 0. The lowest BCUT2D eigenvalue weighted by Crippen LogP contribution is -2.01. The molecule has 1 atom stereocenters. The molecule has 0 aliphatic carbocycles. The van der Waals surface area contributed by atoms with Crippen LogP contribution in [0.1, 0.15) is 102 Å². The lowest BCUT2D eigenvalue weighted by molar-refractivity contribution is 0.535. The van der Waals surface area contributed by atoms with Crippen molar-refractivity contribution in [3.8, 4) is 0 Å². The minimum Gasteiger partial charge on any atom is -0.755 e. The average molecular weight is 381 g/mol. The summed E-state index contributed by atoms with van der Waals surface area (Å²) in [6.07, 6.45) is 20.4. The fraction of sp³-hybridized carbons (Fsp3) is 0.727. The van der Waals surface area contributed by atoms with Crippen LogP contribution in [0.15, 0.2) is 24.3 Å². The molecule has 1 rings (SSSR count). The highest BCUT2D eigenvalue weighted by molar-refractivity contribution is 7.80. The number of hydrogen-bond donors (Lipinski definition) is 1. The van der Waals surface area contributed by atoms with Gasteiger partial charge in [-0.05, 0) is 30.5 Å². The van der Waals surface area contributed by atoms with E-state index in [2.05, 4.69) is 11.6 Å². The van der Waals surface area contributed by atoms with E-state index in [9.17, 15) is 8.76 Å². The maximum atomic E-state index is 10.6. The minimum atomic E-state index is -2.24. The predicted octanol–water partition coefficient (Wildman–Crippen LogP) is 6.92. The van der Waals surface area contributed by atoms with Gasteiger partial charge in [0, 0.05) is 17.0 Å². The van der Waals surface area contributed by atoms with E-state index in [1.165, 1.54) is 95.5 Å². The highest BCUT2D eigenvalue weighted by Crippen LogP contribution is 2.15. The number of rotatable bonds is 17. The van der Waals surface area contributed by atoms with Crippen LogP contribution in [0.4, 0.5) is 5.69 Å². The van der Waals surface area contributed by atoms with E-state index in [4.69, 9.17) is 0 Å². The van der Waals surface area contributed by atoms with Crippen molar-refractivity contribution in [2.24, 2.45) is 0 Å². The number of anilines is 1. The van der Waals surface area contributed by atoms with Gasteiger partial charge in [-0.2, -0.15) is 0 Å². The smallest absolute Gasteiger partial charge is 0.0452 e. The monoisotopic (exact) mass is 380 g/mol. The number of benzene rings is 1. The Morgan fingerprint density at radius 2 is 1.15 bits per heavy atom. The number of unbranched alkanes of at least 4 members (excludes halogenated alkanes) is 13. The van der Waals surface area contributed by atoms with Crippen LogP contribution in [-0.2, 0) is 17.7 Å². The molecular weight excluding hydrogens is 342 g/mol. The number of aryl methyl sites for hydroxylation is 1. The van der Waals surface area contributed by atoms with Gasteiger partial charge in [0.25, 0.3) is 0 Å². The molecule has 0 amide bonds. The lowest BCUT2D eigenvalue weighted by atomic mass is 10.0. The Morgan fingerprint density at radius 1 is 0.731 bits per heavy atom. The lowest BCUT2D eigenvalue weighted by Gasteiger charge is -2.09. The molecule has 4 heteroatoms. The van der Waals surface area contributed by atoms with Gasteiger partial charge in [-0.25, -0.2) is 0 Å². The van der Waals surface area contributed by atoms with Gasteiger partial charge in [-0.1, -0.05) is 103 Å². The van der Waals surface area contributed by atoms with Crippen molar-refractivity contribution >= 4 is 17.0 Å². The van der Waals surface area contributed by atoms with Crippen LogP contribution in [0, 0.1) is 0 Å². The predicted molar refractivity (Wildman–Crippen MR) is 113 cm³/mol. The highest BCUT2D eigenvalue weighted by Gasteiger charge is 1.97. The molecule has 0 aromatic heterocycles. The summed E-state index contributed by atoms with van der Waals surface area (Å²) in [5.74, 6) is 0. The van der Waals surface area contributed by atoms with Crippen LogP contribution in [0.25, 0.3) is 0 Å². The first-order valence-electron chi connectivity index (χ1n) is 10.7. The summed E-state index contributed by atoms with van der Waals surface area (Å²) in [5.41, 5.74) is 1.91. The van der Waals surface area contributed by atoms with Gasteiger partial charge >= 0.3 is 0 Å². The topological polar surface area (TPSA) is 52.2 Å². The normalized spacial score (nSPS) is 12.2. The zero-order valence-electron chi connectivity index (χ0n) is 16.6. The molecule has 3 nitrogen and oxygen atoms in total. The molecule has 1 aromatic rings. The van der Waals surface area contributed by atoms with E-state index in [1.807, 2.05) is 24.3 Å². The Bertz CT molecular complexity index is 462. The number of hydrogen-bond acceptors (Lipinski definition) is 2. The van der Waals surface area contributed by atoms with E-state index < -0.39 is 11.3 Å². The summed E-state index contributed by atoms with van der Waals surface area (Å²) in [4.78, 5) is 0. The van der Waals surface area contributed by atoms with E-state index in [-0.39, 0.29) is 0 Å². The average Bonchev–Trinajstić information content (AvgIpc) is 2.63. The quantitative estimate of drug-likeness (QED) is 0.236. The Balaban J connectivity index is 1.87. The van der Waals surface area contributed by atoms with Crippen molar-refractivity contribution in [1.82, 2.24) is 0 Å². The molecule has 1 unspecified atom stereocenters.